The number of rotatable bonds is 7. The number of aryl methyl sites for hydroxylation is 3. The summed E-state index contributed by atoms with van der Waals surface area (Å²) in [6, 6.07) is 13.8. The van der Waals surface area contributed by atoms with Gasteiger partial charge < -0.3 is 10.1 Å². The van der Waals surface area contributed by atoms with Crippen molar-refractivity contribution < 1.29 is 9.53 Å². The van der Waals surface area contributed by atoms with Crippen LogP contribution in [-0.2, 0) is 11.2 Å². The van der Waals surface area contributed by atoms with Crippen molar-refractivity contribution in [1.29, 1.82) is 0 Å². The molecule has 3 nitrogen and oxygen atoms in total. The van der Waals surface area contributed by atoms with E-state index < -0.39 is 6.10 Å². The Bertz CT molecular complexity index is 700. The molecule has 4 heteroatoms. The summed E-state index contributed by atoms with van der Waals surface area (Å²) in [5.74, 6) is 0.547. The van der Waals surface area contributed by atoms with E-state index in [0.29, 0.717) is 17.3 Å². The van der Waals surface area contributed by atoms with Crippen LogP contribution in [0.3, 0.4) is 0 Å². The summed E-state index contributed by atoms with van der Waals surface area (Å²) in [5.41, 5.74) is 3.49. The Labute approximate surface area is 149 Å². The number of hydrogen-bond acceptors (Lipinski definition) is 2. The molecule has 2 aromatic rings. The molecule has 0 radical (unpaired) electrons. The first kappa shape index (κ1) is 18.3. The zero-order valence-electron chi connectivity index (χ0n) is 14.4. The highest BCUT2D eigenvalue weighted by atomic mass is 35.5. The molecule has 1 N–H and O–H groups in total. The van der Waals surface area contributed by atoms with Crippen LogP contribution in [0.25, 0.3) is 0 Å². The van der Waals surface area contributed by atoms with E-state index in [9.17, 15) is 4.79 Å². The maximum absolute atomic E-state index is 12.1. The van der Waals surface area contributed by atoms with Gasteiger partial charge in [0.2, 0.25) is 0 Å². The van der Waals surface area contributed by atoms with E-state index in [0.717, 1.165) is 18.4 Å². The Hall–Kier alpha value is -2.00. The molecule has 0 saturated carbocycles. The number of amides is 1. The summed E-state index contributed by atoms with van der Waals surface area (Å²) in [6.45, 7) is 6.38. The second-order valence-electron chi connectivity index (χ2n) is 6.05. The molecule has 0 bridgehead atoms. The van der Waals surface area contributed by atoms with Gasteiger partial charge >= 0.3 is 0 Å². The fourth-order valence-corrected chi connectivity index (χ4v) is 2.58. The van der Waals surface area contributed by atoms with Crippen LogP contribution in [0.2, 0.25) is 5.02 Å². The molecular weight excluding hydrogens is 322 g/mol. The number of carbonyl (C=O) groups is 1. The van der Waals surface area contributed by atoms with E-state index in [4.69, 9.17) is 16.3 Å². The van der Waals surface area contributed by atoms with Crippen molar-refractivity contribution in [1.82, 2.24) is 5.32 Å². The minimum absolute atomic E-state index is 0.105. The van der Waals surface area contributed by atoms with Crippen molar-refractivity contribution in [2.75, 3.05) is 6.54 Å². The molecule has 2 rings (SSSR count). The Morgan fingerprint density at radius 1 is 1.21 bits per heavy atom. The van der Waals surface area contributed by atoms with Crippen molar-refractivity contribution >= 4 is 17.5 Å². The van der Waals surface area contributed by atoms with Gasteiger partial charge in [-0.3, -0.25) is 4.79 Å². The fraction of sp³-hybridized carbons (Fsp3) is 0.350. The SMILES string of the molecule is Cc1cccc(CCCNC(=O)[C@H](C)Oc2ccc(Cl)c(C)c2)c1. The van der Waals surface area contributed by atoms with E-state index in [1.807, 2.05) is 13.0 Å². The van der Waals surface area contributed by atoms with Crippen molar-refractivity contribution in [2.45, 2.75) is 39.7 Å². The fourth-order valence-electron chi connectivity index (χ4n) is 2.46. The third-order valence-electron chi connectivity index (χ3n) is 3.84. The highest BCUT2D eigenvalue weighted by Gasteiger charge is 2.14. The summed E-state index contributed by atoms with van der Waals surface area (Å²) in [6.07, 6.45) is 1.32. The molecule has 24 heavy (non-hydrogen) atoms. The van der Waals surface area contributed by atoms with E-state index in [1.165, 1.54) is 11.1 Å². The monoisotopic (exact) mass is 345 g/mol. The smallest absolute Gasteiger partial charge is 0.260 e. The number of carbonyl (C=O) groups excluding carboxylic acids is 1. The quantitative estimate of drug-likeness (QED) is 0.752. The average Bonchev–Trinajstić information content (AvgIpc) is 2.55. The molecule has 1 amide bonds. The van der Waals surface area contributed by atoms with Crippen LogP contribution in [-0.4, -0.2) is 18.6 Å². The van der Waals surface area contributed by atoms with Gasteiger partial charge in [-0.05, 0) is 62.9 Å². The van der Waals surface area contributed by atoms with Crippen molar-refractivity contribution in [3.05, 3.63) is 64.2 Å². The first-order chi connectivity index (χ1) is 11.5. The minimum atomic E-state index is -0.537. The molecule has 1 atom stereocenters. The zero-order valence-corrected chi connectivity index (χ0v) is 15.2. The number of hydrogen-bond donors (Lipinski definition) is 1. The van der Waals surface area contributed by atoms with Gasteiger partial charge in [-0.15, -0.1) is 0 Å². The summed E-state index contributed by atoms with van der Waals surface area (Å²) in [5, 5.41) is 3.61. The second kappa shape index (κ2) is 8.74. The Balaban J connectivity index is 1.74. The first-order valence-electron chi connectivity index (χ1n) is 8.22. The Morgan fingerprint density at radius 2 is 2.00 bits per heavy atom. The largest absolute Gasteiger partial charge is 0.481 e. The number of benzene rings is 2. The predicted octanol–water partition coefficient (Wildman–Crippen LogP) is 4.47. The van der Waals surface area contributed by atoms with E-state index in [1.54, 1.807) is 19.1 Å². The molecule has 0 saturated heterocycles. The molecule has 0 aliphatic rings. The number of halogens is 1. The third kappa shape index (κ3) is 5.57. The van der Waals surface area contributed by atoms with Crippen molar-refractivity contribution in [3.63, 3.8) is 0 Å². The van der Waals surface area contributed by atoms with Gasteiger partial charge in [-0.25, -0.2) is 0 Å². The molecule has 0 unspecified atom stereocenters. The van der Waals surface area contributed by atoms with Gasteiger partial charge in [-0.2, -0.15) is 0 Å². The van der Waals surface area contributed by atoms with Crippen LogP contribution in [0.5, 0.6) is 5.75 Å². The lowest BCUT2D eigenvalue weighted by Crippen LogP contribution is -2.36. The van der Waals surface area contributed by atoms with Crippen molar-refractivity contribution in [2.24, 2.45) is 0 Å². The summed E-state index contributed by atoms with van der Waals surface area (Å²) < 4.78 is 5.67. The summed E-state index contributed by atoms with van der Waals surface area (Å²) >= 11 is 5.99. The molecule has 2 aromatic carbocycles. The second-order valence-corrected chi connectivity index (χ2v) is 6.46. The van der Waals surface area contributed by atoms with Crippen LogP contribution in [0.4, 0.5) is 0 Å². The standard InChI is InChI=1S/C20H24ClNO2/c1-14-6-4-7-17(12-14)8-5-11-22-20(23)16(3)24-18-9-10-19(21)15(2)13-18/h4,6-7,9-10,12-13,16H,5,8,11H2,1-3H3,(H,22,23)/t16-/m0/s1. The van der Waals surface area contributed by atoms with Gasteiger partial charge in [-0.1, -0.05) is 41.4 Å². The van der Waals surface area contributed by atoms with E-state index >= 15 is 0 Å². The minimum Gasteiger partial charge on any atom is -0.481 e. The van der Waals surface area contributed by atoms with Gasteiger partial charge in [0.15, 0.2) is 6.10 Å². The summed E-state index contributed by atoms with van der Waals surface area (Å²) in [4.78, 5) is 12.1. The Kier molecular flexibility index (Phi) is 6.68. The topological polar surface area (TPSA) is 38.3 Å². The normalized spacial score (nSPS) is 11.8. The summed E-state index contributed by atoms with van der Waals surface area (Å²) in [7, 11) is 0. The highest BCUT2D eigenvalue weighted by molar-refractivity contribution is 6.31. The maximum atomic E-state index is 12.1. The van der Waals surface area contributed by atoms with E-state index in [-0.39, 0.29) is 5.91 Å². The molecule has 128 valence electrons. The van der Waals surface area contributed by atoms with Crippen LogP contribution in [0.1, 0.15) is 30.0 Å². The highest BCUT2D eigenvalue weighted by Crippen LogP contribution is 2.21. The van der Waals surface area contributed by atoms with Crippen LogP contribution in [0, 0.1) is 13.8 Å². The van der Waals surface area contributed by atoms with Crippen LogP contribution >= 0.6 is 11.6 Å². The first-order valence-corrected chi connectivity index (χ1v) is 8.59. The average molecular weight is 346 g/mol. The predicted molar refractivity (Wildman–Crippen MR) is 98.8 cm³/mol. The molecular formula is C20H24ClNO2. The van der Waals surface area contributed by atoms with Crippen LogP contribution < -0.4 is 10.1 Å². The molecule has 0 aliphatic carbocycles. The lowest BCUT2D eigenvalue weighted by atomic mass is 10.1. The maximum Gasteiger partial charge on any atom is 0.260 e. The zero-order chi connectivity index (χ0) is 17.5. The number of ether oxygens (including phenoxy) is 1. The molecule has 0 spiro atoms. The molecule has 0 fully saturated rings. The lowest BCUT2D eigenvalue weighted by molar-refractivity contribution is -0.127. The van der Waals surface area contributed by atoms with Gasteiger partial charge in [0.1, 0.15) is 5.75 Å². The van der Waals surface area contributed by atoms with E-state index in [2.05, 4.69) is 36.5 Å². The number of nitrogens with one attached hydrogen (secondary N) is 1. The Morgan fingerprint density at radius 3 is 2.71 bits per heavy atom. The van der Waals surface area contributed by atoms with Crippen LogP contribution in [0.15, 0.2) is 42.5 Å². The molecule has 0 aromatic heterocycles. The van der Waals surface area contributed by atoms with Crippen molar-refractivity contribution in [3.8, 4) is 5.75 Å². The molecule has 0 aliphatic heterocycles. The third-order valence-corrected chi connectivity index (χ3v) is 4.26. The van der Waals surface area contributed by atoms with Gasteiger partial charge in [0.25, 0.3) is 5.91 Å². The van der Waals surface area contributed by atoms with Gasteiger partial charge in [0, 0.05) is 11.6 Å². The lowest BCUT2D eigenvalue weighted by Gasteiger charge is -2.15. The van der Waals surface area contributed by atoms with Gasteiger partial charge in [0.05, 0.1) is 0 Å². The molecule has 0 heterocycles.